The Kier molecular flexibility index (Phi) is 5.00. The number of alkyl halides is 1. The summed E-state index contributed by atoms with van der Waals surface area (Å²) >= 11 is 10.5. The minimum atomic E-state index is -3.71. The van der Waals surface area contributed by atoms with Crippen molar-refractivity contribution in [1.82, 2.24) is 10.2 Å². The highest BCUT2D eigenvalue weighted by Crippen LogP contribution is 2.26. The molecule has 0 unspecified atom stereocenters. The zero-order valence-corrected chi connectivity index (χ0v) is 14.4. The van der Waals surface area contributed by atoms with Crippen molar-refractivity contribution in [1.29, 1.82) is 0 Å². The highest BCUT2D eigenvalue weighted by Gasteiger charge is 2.20. The lowest BCUT2D eigenvalue weighted by Crippen LogP contribution is -2.14. The lowest BCUT2D eigenvalue weighted by atomic mass is 10.2. The van der Waals surface area contributed by atoms with Gasteiger partial charge in [0, 0.05) is 16.8 Å². The fraction of sp³-hybridized carbons (Fsp3) is 0.273. The van der Waals surface area contributed by atoms with Crippen molar-refractivity contribution in [3.8, 4) is 0 Å². The minimum absolute atomic E-state index is 0.141. The SMILES string of the molecule is Cc1c(Cl)cccc1S(=O)(=O)Nc1nnc(CCBr)s1. The molecule has 0 saturated heterocycles. The molecule has 20 heavy (non-hydrogen) atoms. The summed E-state index contributed by atoms with van der Waals surface area (Å²) < 4.78 is 27.0. The Morgan fingerprint density at radius 3 is 2.85 bits per heavy atom. The second-order valence-electron chi connectivity index (χ2n) is 3.91. The lowest BCUT2D eigenvalue weighted by molar-refractivity contribution is 0.600. The van der Waals surface area contributed by atoms with Crippen molar-refractivity contribution in [3.63, 3.8) is 0 Å². The Morgan fingerprint density at radius 1 is 1.40 bits per heavy atom. The molecule has 108 valence electrons. The third kappa shape index (κ3) is 3.49. The summed E-state index contributed by atoms with van der Waals surface area (Å²) in [5.74, 6) is 0. The molecule has 0 aliphatic heterocycles. The molecule has 0 saturated carbocycles. The first-order valence-electron chi connectivity index (χ1n) is 5.60. The van der Waals surface area contributed by atoms with E-state index in [1.165, 1.54) is 17.4 Å². The summed E-state index contributed by atoms with van der Waals surface area (Å²) in [5.41, 5.74) is 0.506. The summed E-state index contributed by atoms with van der Waals surface area (Å²) in [4.78, 5) is 0.141. The fourth-order valence-electron chi connectivity index (χ4n) is 1.53. The van der Waals surface area contributed by atoms with E-state index in [1.54, 1.807) is 19.1 Å². The number of aromatic nitrogens is 2. The van der Waals surface area contributed by atoms with Crippen molar-refractivity contribution in [2.24, 2.45) is 0 Å². The molecule has 2 rings (SSSR count). The number of hydrogen-bond acceptors (Lipinski definition) is 5. The summed E-state index contributed by atoms with van der Waals surface area (Å²) in [6.45, 7) is 1.66. The van der Waals surface area contributed by atoms with Crippen molar-refractivity contribution in [2.45, 2.75) is 18.2 Å². The van der Waals surface area contributed by atoms with E-state index in [-0.39, 0.29) is 10.0 Å². The van der Waals surface area contributed by atoms with Crippen LogP contribution in [0.25, 0.3) is 0 Å². The van der Waals surface area contributed by atoms with Crippen LogP contribution in [-0.2, 0) is 16.4 Å². The van der Waals surface area contributed by atoms with Crippen molar-refractivity contribution in [2.75, 3.05) is 10.1 Å². The number of aryl methyl sites for hydroxylation is 1. The van der Waals surface area contributed by atoms with Crippen LogP contribution >= 0.6 is 38.9 Å². The van der Waals surface area contributed by atoms with Crippen LogP contribution in [0.2, 0.25) is 5.02 Å². The monoisotopic (exact) mass is 395 g/mol. The highest BCUT2D eigenvalue weighted by atomic mass is 79.9. The molecule has 2 aromatic rings. The van der Waals surface area contributed by atoms with Gasteiger partial charge in [0.1, 0.15) is 5.01 Å². The van der Waals surface area contributed by atoms with Crippen LogP contribution in [0, 0.1) is 6.92 Å². The van der Waals surface area contributed by atoms with Crippen LogP contribution in [0.1, 0.15) is 10.6 Å². The average Bonchev–Trinajstić information content (AvgIpc) is 2.79. The van der Waals surface area contributed by atoms with E-state index >= 15 is 0 Å². The molecule has 1 aromatic heterocycles. The maximum Gasteiger partial charge on any atom is 0.264 e. The third-order valence-electron chi connectivity index (χ3n) is 2.50. The third-order valence-corrected chi connectivity index (χ3v) is 5.82. The van der Waals surface area contributed by atoms with Gasteiger partial charge in [-0.15, -0.1) is 10.2 Å². The van der Waals surface area contributed by atoms with Gasteiger partial charge in [-0.3, -0.25) is 4.72 Å². The van der Waals surface area contributed by atoms with E-state index in [9.17, 15) is 8.42 Å². The average molecular weight is 397 g/mol. The van der Waals surface area contributed by atoms with Gasteiger partial charge >= 0.3 is 0 Å². The van der Waals surface area contributed by atoms with Crippen LogP contribution in [0.3, 0.4) is 0 Å². The molecule has 0 aliphatic rings. The molecule has 0 bridgehead atoms. The Bertz CT molecular complexity index is 718. The van der Waals surface area contributed by atoms with E-state index in [0.29, 0.717) is 17.0 Å². The second kappa shape index (κ2) is 6.38. The summed E-state index contributed by atoms with van der Waals surface area (Å²) in [5, 5.41) is 9.91. The lowest BCUT2D eigenvalue weighted by Gasteiger charge is -2.08. The molecule has 0 spiro atoms. The van der Waals surface area contributed by atoms with Crippen LogP contribution in [0.15, 0.2) is 23.1 Å². The molecule has 0 atom stereocenters. The summed E-state index contributed by atoms with van der Waals surface area (Å²) in [7, 11) is -3.71. The number of benzene rings is 1. The Balaban J connectivity index is 2.28. The second-order valence-corrected chi connectivity index (χ2v) is 7.82. The number of anilines is 1. The molecule has 0 fully saturated rings. The van der Waals surface area contributed by atoms with E-state index in [0.717, 1.165) is 10.3 Å². The van der Waals surface area contributed by atoms with Crippen molar-refractivity contribution >= 4 is 54.0 Å². The zero-order valence-electron chi connectivity index (χ0n) is 10.4. The van der Waals surface area contributed by atoms with E-state index < -0.39 is 10.0 Å². The maximum absolute atomic E-state index is 12.3. The fourth-order valence-corrected chi connectivity index (χ4v) is 4.63. The Labute approximate surface area is 134 Å². The first-order valence-corrected chi connectivity index (χ1v) is 9.40. The number of rotatable bonds is 5. The van der Waals surface area contributed by atoms with Crippen LogP contribution < -0.4 is 4.72 Å². The quantitative estimate of drug-likeness (QED) is 0.788. The van der Waals surface area contributed by atoms with Gasteiger partial charge in [0.05, 0.1) is 4.90 Å². The first-order chi connectivity index (χ1) is 9.44. The predicted octanol–water partition coefficient (Wildman–Crippen LogP) is 3.24. The number of hydrogen-bond donors (Lipinski definition) is 1. The van der Waals surface area contributed by atoms with Gasteiger partial charge in [-0.1, -0.05) is 44.9 Å². The molecule has 1 N–H and O–H groups in total. The first kappa shape index (κ1) is 15.7. The Morgan fingerprint density at radius 2 is 2.15 bits per heavy atom. The van der Waals surface area contributed by atoms with Gasteiger partial charge in [-0.2, -0.15) is 0 Å². The molecule has 0 radical (unpaired) electrons. The number of nitrogens with one attached hydrogen (secondary N) is 1. The number of sulfonamides is 1. The van der Waals surface area contributed by atoms with Crippen LogP contribution in [-0.4, -0.2) is 23.9 Å². The van der Waals surface area contributed by atoms with E-state index in [4.69, 9.17) is 11.6 Å². The van der Waals surface area contributed by atoms with Crippen LogP contribution in [0.5, 0.6) is 0 Å². The Hall–Kier alpha value is -0.700. The zero-order chi connectivity index (χ0) is 14.8. The largest absolute Gasteiger partial charge is 0.264 e. The van der Waals surface area contributed by atoms with Gasteiger partial charge < -0.3 is 0 Å². The van der Waals surface area contributed by atoms with Gasteiger partial charge in [0.15, 0.2) is 0 Å². The van der Waals surface area contributed by atoms with Crippen molar-refractivity contribution < 1.29 is 8.42 Å². The van der Waals surface area contributed by atoms with Gasteiger partial charge in [0.25, 0.3) is 10.0 Å². The highest BCUT2D eigenvalue weighted by molar-refractivity contribution is 9.09. The molecular weight excluding hydrogens is 386 g/mol. The number of nitrogens with zero attached hydrogens (tertiary/aromatic N) is 2. The predicted molar refractivity (Wildman–Crippen MR) is 84.4 cm³/mol. The maximum atomic E-state index is 12.3. The van der Waals surface area contributed by atoms with Gasteiger partial charge in [0.2, 0.25) is 5.13 Å². The minimum Gasteiger partial charge on any atom is -0.253 e. The molecular formula is C11H11BrClN3O2S2. The van der Waals surface area contributed by atoms with Gasteiger partial charge in [-0.25, -0.2) is 8.42 Å². The normalized spacial score (nSPS) is 11.6. The van der Waals surface area contributed by atoms with Gasteiger partial charge in [-0.05, 0) is 24.6 Å². The topological polar surface area (TPSA) is 72.0 Å². The smallest absolute Gasteiger partial charge is 0.253 e. The van der Waals surface area contributed by atoms with Crippen LogP contribution in [0.4, 0.5) is 5.13 Å². The standard InChI is InChI=1S/C11H11BrClN3O2S2/c1-7-8(13)3-2-4-9(7)20(17,18)16-11-15-14-10(19-11)5-6-12/h2-4H,5-6H2,1H3,(H,15,16). The molecule has 0 aliphatic carbocycles. The van der Waals surface area contributed by atoms with Crippen molar-refractivity contribution in [3.05, 3.63) is 33.8 Å². The number of halogens is 2. The molecule has 9 heteroatoms. The molecule has 1 heterocycles. The molecule has 5 nitrogen and oxygen atoms in total. The summed E-state index contributed by atoms with van der Waals surface area (Å²) in [6, 6.07) is 4.75. The molecule has 1 aromatic carbocycles. The summed E-state index contributed by atoms with van der Waals surface area (Å²) in [6.07, 6.45) is 0.704. The van der Waals surface area contributed by atoms with E-state index in [2.05, 4.69) is 30.8 Å². The van der Waals surface area contributed by atoms with E-state index in [1.807, 2.05) is 0 Å². The molecule has 0 amide bonds.